The van der Waals surface area contributed by atoms with Crippen molar-refractivity contribution < 1.29 is 9.53 Å². The smallest absolute Gasteiger partial charge is 0.265 e. The second-order valence-corrected chi connectivity index (χ2v) is 5.60. The number of ether oxygens (including phenoxy) is 1. The zero-order valence-electron chi connectivity index (χ0n) is 12.0. The molecule has 1 rings (SSSR count). The van der Waals surface area contributed by atoms with Crippen LogP contribution in [0.25, 0.3) is 0 Å². The van der Waals surface area contributed by atoms with Crippen molar-refractivity contribution in [1.29, 1.82) is 0 Å². The molecule has 0 atom stereocenters. The van der Waals surface area contributed by atoms with Gasteiger partial charge in [0.25, 0.3) is 5.91 Å². The Bertz CT molecular complexity index is 424. The molecule has 0 saturated carbocycles. The highest BCUT2D eigenvalue weighted by Gasteiger charge is 2.07. The fraction of sp³-hybridized carbons (Fsp3) is 0.533. The Morgan fingerprint density at radius 3 is 2.70 bits per heavy atom. The second-order valence-electron chi connectivity index (χ2n) is 4.75. The first-order valence-corrected chi connectivity index (χ1v) is 7.85. The lowest BCUT2D eigenvalue weighted by Crippen LogP contribution is -2.29. The number of carbonyl (C=O) groups excluding carboxylic acids is 1. The molecule has 5 heteroatoms. The van der Waals surface area contributed by atoms with E-state index >= 15 is 0 Å². The summed E-state index contributed by atoms with van der Waals surface area (Å²) >= 11 is 3.45. The standard InChI is InChI=1S/C15H23BrN2O2/c1-2-3-4-5-6-9-20-11-13-8-7-12(10-14(13)16)15(19)18-17/h7-8,10H,2-6,9,11,17H2,1H3,(H,18,19). The van der Waals surface area contributed by atoms with Crippen molar-refractivity contribution in [3.05, 3.63) is 33.8 Å². The molecule has 0 unspecified atom stereocenters. The summed E-state index contributed by atoms with van der Waals surface area (Å²) in [5.74, 6) is 4.80. The fourth-order valence-electron chi connectivity index (χ4n) is 1.88. The van der Waals surface area contributed by atoms with Crippen molar-refractivity contribution in [1.82, 2.24) is 5.43 Å². The predicted octanol–water partition coefficient (Wildman–Crippen LogP) is 3.54. The molecule has 0 fully saturated rings. The van der Waals surface area contributed by atoms with Crippen LogP contribution in [0.5, 0.6) is 0 Å². The number of nitrogens with one attached hydrogen (secondary N) is 1. The van der Waals surface area contributed by atoms with E-state index in [9.17, 15) is 4.79 Å². The van der Waals surface area contributed by atoms with Gasteiger partial charge in [0.1, 0.15) is 0 Å². The summed E-state index contributed by atoms with van der Waals surface area (Å²) in [7, 11) is 0. The zero-order valence-corrected chi connectivity index (χ0v) is 13.5. The van der Waals surface area contributed by atoms with Crippen molar-refractivity contribution in [3.63, 3.8) is 0 Å². The number of hydrogen-bond acceptors (Lipinski definition) is 3. The number of benzene rings is 1. The first-order valence-electron chi connectivity index (χ1n) is 7.06. The van der Waals surface area contributed by atoms with Gasteiger partial charge in [0.15, 0.2) is 0 Å². The predicted molar refractivity (Wildman–Crippen MR) is 84.2 cm³/mol. The van der Waals surface area contributed by atoms with Crippen LogP contribution >= 0.6 is 15.9 Å². The van der Waals surface area contributed by atoms with E-state index in [4.69, 9.17) is 10.6 Å². The first kappa shape index (κ1) is 17.1. The van der Waals surface area contributed by atoms with Crippen molar-refractivity contribution in [2.45, 2.75) is 45.6 Å². The molecule has 0 aliphatic rings. The Hall–Kier alpha value is -0.910. The van der Waals surface area contributed by atoms with Gasteiger partial charge in [-0.25, -0.2) is 5.84 Å². The summed E-state index contributed by atoms with van der Waals surface area (Å²) in [5, 5.41) is 0. The lowest BCUT2D eigenvalue weighted by molar-refractivity contribution is 0.0953. The van der Waals surface area contributed by atoms with Gasteiger partial charge in [-0.1, -0.05) is 54.6 Å². The summed E-state index contributed by atoms with van der Waals surface area (Å²) in [6.07, 6.45) is 6.18. The molecule has 1 aromatic rings. The molecule has 0 heterocycles. The van der Waals surface area contributed by atoms with E-state index in [1.807, 2.05) is 6.07 Å². The van der Waals surface area contributed by atoms with Crippen molar-refractivity contribution >= 4 is 21.8 Å². The number of carbonyl (C=O) groups is 1. The van der Waals surface area contributed by atoms with Gasteiger partial charge < -0.3 is 4.74 Å². The first-order chi connectivity index (χ1) is 9.69. The minimum absolute atomic E-state index is 0.297. The van der Waals surface area contributed by atoms with E-state index in [1.54, 1.807) is 12.1 Å². The van der Waals surface area contributed by atoms with Crippen molar-refractivity contribution in [3.8, 4) is 0 Å². The van der Waals surface area contributed by atoms with E-state index in [2.05, 4.69) is 28.3 Å². The number of rotatable bonds is 9. The van der Waals surface area contributed by atoms with Crippen LogP contribution in [-0.4, -0.2) is 12.5 Å². The summed E-state index contributed by atoms with van der Waals surface area (Å²) < 4.78 is 6.52. The molecule has 0 aliphatic heterocycles. The number of nitrogens with two attached hydrogens (primary N) is 1. The molecule has 0 aromatic heterocycles. The third kappa shape index (κ3) is 6.03. The number of hydrogen-bond donors (Lipinski definition) is 2. The quantitative estimate of drug-likeness (QED) is 0.312. The molecule has 0 radical (unpaired) electrons. The third-order valence-electron chi connectivity index (χ3n) is 3.10. The zero-order chi connectivity index (χ0) is 14.8. The maximum Gasteiger partial charge on any atom is 0.265 e. The number of amides is 1. The highest BCUT2D eigenvalue weighted by Crippen LogP contribution is 2.19. The summed E-state index contributed by atoms with van der Waals surface area (Å²) in [4.78, 5) is 11.4. The van der Waals surface area contributed by atoms with Gasteiger partial charge in [-0.05, 0) is 24.1 Å². The van der Waals surface area contributed by atoms with E-state index in [1.165, 1.54) is 25.7 Å². The summed E-state index contributed by atoms with van der Waals surface area (Å²) in [6.45, 7) is 3.54. The van der Waals surface area contributed by atoms with Crippen molar-refractivity contribution in [2.24, 2.45) is 5.84 Å². The van der Waals surface area contributed by atoms with Crippen LogP contribution in [0.3, 0.4) is 0 Å². The van der Waals surface area contributed by atoms with E-state index in [0.29, 0.717) is 12.2 Å². The number of nitrogen functional groups attached to an aromatic ring is 1. The molecule has 1 aromatic carbocycles. The maximum absolute atomic E-state index is 11.4. The minimum Gasteiger partial charge on any atom is -0.377 e. The minimum atomic E-state index is -0.297. The summed E-state index contributed by atoms with van der Waals surface area (Å²) in [6, 6.07) is 5.38. The largest absolute Gasteiger partial charge is 0.377 e. The third-order valence-corrected chi connectivity index (χ3v) is 3.83. The topological polar surface area (TPSA) is 64.3 Å². The van der Waals surface area contributed by atoms with Gasteiger partial charge in [0.05, 0.1) is 6.61 Å². The van der Waals surface area contributed by atoms with Crippen LogP contribution in [-0.2, 0) is 11.3 Å². The number of halogens is 1. The number of unbranched alkanes of at least 4 members (excludes halogenated alkanes) is 4. The van der Waals surface area contributed by atoms with Gasteiger partial charge in [-0.3, -0.25) is 10.2 Å². The molecule has 4 nitrogen and oxygen atoms in total. The molecule has 0 bridgehead atoms. The molecule has 0 saturated heterocycles. The molecule has 0 aliphatic carbocycles. The van der Waals surface area contributed by atoms with Gasteiger partial charge in [0, 0.05) is 16.6 Å². The average Bonchev–Trinajstić information content (AvgIpc) is 2.46. The molecule has 1 amide bonds. The Balaban J connectivity index is 2.32. The van der Waals surface area contributed by atoms with Gasteiger partial charge in [-0.2, -0.15) is 0 Å². The van der Waals surface area contributed by atoms with Gasteiger partial charge in [-0.15, -0.1) is 0 Å². The lowest BCUT2D eigenvalue weighted by Gasteiger charge is -2.08. The monoisotopic (exact) mass is 342 g/mol. The lowest BCUT2D eigenvalue weighted by atomic mass is 10.1. The van der Waals surface area contributed by atoms with Crippen LogP contribution in [0.1, 0.15) is 54.9 Å². The van der Waals surface area contributed by atoms with Crippen LogP contribution in [0.15, 0.2) is 22.7 Å². The molecular weight excluding hydrogens is 320 g/mol. The Morgan fingerprint density at radius 2 is 2.05 bits per heavy atom. The Kier molecular flexibility index (Phi) is 8.49. The van der Waals surface area contributed by atoms with Crippen LogP contribution in [0, 0.1) is 0 Å². The normalized spacial score (nSPS) is 10.6. The van der Waals surface area contributed by atoms with Crippen LogP contribution in [0.2, 0.25) is 0 Å². The van der Waals surface area contributed by atoms with Crippen LogP contribution < -0.4 is 11.3 Å². The van der Waals surface area contributed by atoms with E-state index in [0.717, 1.165) is 23.1 Å². The molecular formula is C15H23BrN2O2. The molecule has 3 N–H and O–H groups in total. The molecule has 0 spiro atoms. The second kappa shape index (κ2) is 9.91. The highest BCUT2D eigenvalue weighted by atomic mass is 79.9. The molecule has 20 heavy (non-hydrogen) atoms. The average molecular weight is 343 g/mol. The molecule has 112 valence electrons. The van der Waals surface area contributed by atoms with Crippen LogP contribution in [0.4, 0.5) is 0 Å². The Morgan fingerprint density at radius 1 is 1.30 bits per heavy atom. The SMILES string of the molecule is CCCCCCCOCc1ccc(C(=O)NN)cc1Br. The highest BCUT2D eigenvalue weighted by molar-refractivity contribution is 9.10. The van der Waals surface area contributed by atoms with Crippen molar-refractivity contribution in [2.75, 3.05) is 6.61 Å². The number of hydrazine groups is 1. The van der Waals surface area contributed by atoms with E-state index in [-0.39, 0.29) is 5.91 Å². The summed E-state index contributed by atoms with van der Waals surface area (Å²) in [5.41, 5.74) is 3.68. The fourth-order valence-corrected chi connectivity index (χ4v) is 2.37. The van der Waals surface area contributed by atoms with Gasteiger partial charge in [0.2, 0.25) is 0 Å². The Labute approximate surface area is 129 Å². The maximum atomic E-state index is 11.4. The van der Waals surface area contributed by atoms with Gasteiger partial charge >= 0.3 is 0 Å². The van der Waals surface area contributed by atoms with E-state index < -0.39 is 0 Å².